The van der Waals surface area contributed by atoms with E-state index in [0.29, 0.717) is 27.7 Å². The summed E-state index contributed by atoms with van der Waals surface area (Å²) < 4.78 is 5.14. The van der Waals surface area contributed by atoms with Gasteiger partial charge in [0, 0.05) is 17.4 Å². The lowest BCUT2D eigenvalue weighted by atomic mass is 10.1. The van der Waals surface area contributed by atoms with Gasteiger partial charge in [-0.1, -0.05) is 11.6 Å². The number of aromatic carboxylic acids is 1. The van der Waals surface area contributed by atoms with Gasteiger partial charge < -0.3 is 20.9 Å². The van der Waals surface area contributed by atoms with E-state index in [1.807, 2.05) is 0 Å². The van der Waals surface area contributed by atoms with Crippen molar-refractivity contribution in [3.05, 3.63) is 46.5 Å². The monoisotopic (exact) mass is 306 g/mol. The van der Waals surface area contributed by atoms with Crippen LogP contribution in [0.4, 0.5) is 17.1 Å². The van der Waals surface area contributed by atoms with Crippen molar-refractivity contribution in [3.63, 3.8) is 0 Å². The summed E-state index contributed by atoms with van der Waals surface area (Å²) >= 11 is 6.12. The lowest BCUT2D eigenvalue weighted by Gasteiger charge is -2.13. The molecule has 0 amide bonds. The first kappa shape index (κ1) is 15.0. The quantitative estimate of drug-likeness (QED) is 0.750. The average Bonchev–Trinajstić information content (AvgIpc) is 2.44. The lowest BCUT2D eigenvalue weighted by Crippen LogP contribution is -2.05. The summed E-state index contributed by atoms with van der Waals surface area (Å²) in [6.45, 7) is 1.75. The number of benzene rings is 2. The molecule has 0 fully saturated rings. The van der Waals surface area contributed by atoms with Crippen LogP contribution in [-0.2, 0) is 0 Å². The van der Waals surface area contributed by atoms with Crippen molar-refractivity contribution in [2.75, 3.05) is 18.2 Å². The van der Waals surface area contributed by atoms with Crippen molar-refractivity contribution in [1.82, 2.24) is 0 Å². The van der Waals surface area contributed by atoms with Crippen LogP contribution in [0.5, 0.6) is 5.75 Å². The summed E-state index contributed by atoms with van der Waals surface area (Å²) in [5.41, 5.74) is 7.96. The molecule has 2 rings (SSSR count). The summed E-state index contributed by atoms with van der Waals surface area (Å²) in [6.07, 6.45) is 0. The first-order valence-corrected chi connectivity index (χ1v) is 6.54. The molecule has 0 aliphatic heterocycles. The van der Waals surface area contributed by atoms with Crippen LogP contribution in [0, 0.1) is 6.92 Å². The van der Waals surface area contributed by atoms with Crippen LogP contribution in [0.1, 0.15) is 15.9 Å². The summed E-state index contributed by atoms with van der Waals surface area (Å²) in [4.78, 5) is 11.2. The second kappa shape index (κ2) is 5.93. The van der Waals surface area contributed by atoms with Crippen LogP contribution in [-0.4, -0.2) is 18.2 Å². The molecule has 0 aliphatic carbocycles. The molecule has 21 heavy (non-hydrogen) atoms. The third-order valence-corrected chi connectivity index (χ3v) is 3.40. The zero-order chi connectivity index (χ0) is 15.6. The van der Waals surface area contributed by atoms with E-state index < -0.39 is 5.97 Å². The summed E-state index contributed by atoms with van der Waals surface area (Å²) in [7, 11) is 1.56. The fourth-order valence-corrected chi connectivity index (χ4v) is 2.09. The minimum atomic E-state index is -1.07. The van der Waals surface area contributed by atoms with E-state index in [1.54, 1.807) is 38.3 Å². The second-order valence-corrected chi connectivity index (χ2v) is 4.94. The molecule has 0 atom stereocenters. The van der Waals surface area contributed by atoms with Crippen LogP contribution >= 0.6 is 11.6 Å². The molecule has 0 saturated heterocycles. The van der Waals surface area contributed by atoms with Gasteiger partial charge in [0.2, 0.25) is 0 Å². The maximum Gasteiger partial charge on any atom is 0.337 e. The van der Waals surface area contributed by atoms with E-state index in [0.717, 1.165) is 0 Å². The Morgan fingerprint density at radius 2 is 2.05 bits per heavy atom. The van der Waals surface area contributed by atoms with Gasteiger partial charge in [-0.2, -0.15) is 0 Å². The Bertz CT molecular complexity index is 702. The predicted molar refractivity (Wildman–Crippen MR) is 83.8 cm³/mol. The first-order valence-electron chi connectivity index (χ1n) is 6.16. The molecule has 0 heterocycles. The molecular weight excluding hydrogens is 292 g/mol. The number of nitrogens with two attached hydrogens (primary N) is 1. The van der Waals surface area contributed by atoms with Gasteiger partial charge in [-0.05, 0) is 36.8 Å². The molecular formula is C15H15ClN2O3. The van der Waals surface area contributed by atoms with Crippen LogP contribution in [0.25, 0.3) is 0 Å². The molecule has 2 aromatic carbocycles. The largest absolute Gasteiger partial charge is 0.497 e. The number of nitrogens with one attached hydrogen (secondary N) is 1. The standard InChI is InChI=1S/C15H15ClN2O3/c1-8-5-9(6-11(14(8)17)15(19)20)18-13-7-10(21-2)3-4-12(13)16/h3-7,18H,17H2,1-2H3,(H,19,20). The smallest absolute Gasteiger partial charge is 0.337 e. The number of carbonyl (C=O) groups is 1. The van der Waals surface area contributed by atoms with Gasteiger partial charge in [0.05, 0.1) is 23.4 Å². The van der Waals surface area contributed by atoms with Gasteiger partial charge in [-0.25, -0.2) is 4.79 Å². The number of carboxylic acids is 1. The Hall–Kier alpha value is -2.40. The van der Waals surface area contributed by atoms with Crippen LogP contribution in [0.2, 0.25) is 5.02 Å². The van der Waals surface area contributed by atoms with Crippen LogP contribution in [0.15, 0.2) is 30.3 Å². The predicted octanol–water partition coefficient (Wildman–Crippen LogP) is 3.68. The van der Waals surface area contributed by atoms with Crippen molar-refractivity contribution in [2.24, 2.45) is 0 Å². The minimum Gasteiger partial charge on any atom is -0.497 e. The van der Waals surface area contributed by atoms with Crippen molar-refractivity contribution in [1.29, 1.82) is 0 Å². The Balaban J connectivity index is 2.42. The maximum atomic E-state index is 11.2. The number of hydrogen-bond donors (Lipinski definition) is 3. The normalized spacial score (nSPS) is 10.2. The minimum absolute atomic E-state index is 0.0523. The Labute approximate surface area is 127 Å². The van der Waals surface area contributed by atoms with Crippen LogP contribution < -0.4 is 15.8 Å². The highest BCUT2D eigenvalue weighted by Crippen LogP contribution is 2.31. The van der Waals surface area contributed by atoms with Gasteiger partial charge in [0.1, 0.15) is 5.75 Å². The molecule has 0 spiro atoms. The zero-order valence-electron chi connectivity index (χ0n) is 11.6. The molecule has 0 unspecified atom stereocenters. The van der Waals surface area contributed by atoms with E-state index in [-0.39, 0.29) is 11.3 Å². The summed E-state index contributed by atoms with van der Waals surface area (Å²) in [6, 6.07) is 8.40. The number of carboxylic acid groups (broad SMARTS) is 1. The van der Waals surface area contributed by atoms with Gasteiger partial charge >= 0.3 is 5.97 Å². The Morgan fingerprint density at radius 3 is 2.67 bits per heavy atom. The van der Waals surface area contributed by atoms with Gasteiger partial charge in [-0.15, -0.1) is 0 Å². The van der Waals surface area contributed by atoms with E-state index >= 15 is 0 Å². The van der Waals surface area contributed by atoms with Gasteiger partial charge in [0.15, 0.2) is 0 Å². The Kier molecular flexibility index (Phi) is 4.23. The number of ether oxygens (including phenoxy) is 1. The highest BCUT2D eigenvalue weighted by molar-refractivity contribution is 6.33. The summed E-state index contributed by atoms with van der Waals surface area (Å²) in [5.74, 6) is -0.427. The molecule has 4 N–H and O–H groups in total. The topological polar surface area (TPSA) is 84.6 Å². The molecule has 5 nitrogen and oxygen atoms in total. The third kappa shape index (κ3) is 3.20. The van der Waals surface area contributed by atoms with E-state index in [1.165, 1.54) is 6.07 Å². The Morgan fingerprint density at radius 1 is 1.33 bits per heavy atom. The molecule has 110 valence electrons. The number of methoxy groups -OCH3 is 1. The fourth-order valence-electron chi connectivity index (χ4n) is 1.93. The first-order chi connectivity index (χ1) is 9.92. The number of aryl methyl sites for hydroxylation is 1. The maximum absolute atomic E-state index is 11.2. The fraction of sp³-hybridized carbons (Fsp3) is 0.133. The van der Waals surface area contributed by atoms with Gasteiger partial charge in [0.25, 0.3) is 0 Å². The van der Waals surface area contributed by atoms with Crippen molar-refractivity contribution in [2.45, 2.75) is 6.92 Å². The molecule has 6 heteroatoms. The third-order valence-electron chi connectivity index (χ3n) is 3.07. The van der Waals surface area contributed by atoms with Gasteiger partial charge in [-0.3, -0.25) is 0 Å². The van der Waals surface area contributed by atoms with E-state index in [4.69, 9.17) is 27.2 Å². The van der Waals surface area contributed by atoms with Crippen LogP contribution in [0.3, 0.4) is 0 Å². The van der Waals surface area contributed by atoms with E-state index in [9.17, 15) is 4.79 Å². The SMILES string of the molecule is COc1ccc(Cl)c(Nc2cc(C)c(N)c(C(=O)O)c2)c1. The number of anilines is 3. The van der Waals surface area contributed by atoms with Crippen molar-refractivity contribution < 1.29 is 14.6 Å². The van der Waals surface area contributed by atoms with Crippen molar-refractivity contribution in [3.8, 4) is 5.75 Å². The van der Waals surface area contributed by atoms with E-state index in [2.05, 4.69) is 5.32 Å². The molecule has 2 aromatic rings. The second-order valence-electron chi connectivity index (χ2n) is 4.53. The summed E-state index contributed by atoms with van der Waals surface area (Å²) in [5, 5.41) is 12.7. The molecule has 0 radical (unpaired) electrons. The van der Waals surface area contributed by atoms with Crippen molar-refractivity contribution >= 4 is 34.6 Å². The number of hydrogen-bond acceptors (Lipinski definition) is 4. The lowest BCUT2D eigenvalue weighted by molar-refractivity contribution is 0.0698. The molecule has 0 aliphatic rings. The highest BCUT2D eigenvalue weighted by atomic mass is 35.5. The molecule has 0 aromatic heterocycles. The highest BCUT2D eigenvalue weighted by Gasteiger charge is 2.12. The molecule has 0 bridgehead atoms. The molecule has 0 saturated carbocycles. The number of nitrogen functional groups attached to an aromatic ring is 1. The number of halogens is 1. The average molecular weight is 307 g/mol. The number of rotatable bonds is 4. The zero-order valence-corrected chi connectivity index (χ0v) is 12.4.